The van der Waals surface area contributed by atoms with Crippen LogP contribution in [-0.4, -0.2) is 34.3 Å². The molecule has 1 heterocycles. The number of hydrogen-bond acceptors (Lipinski definition) is 7. The van der Waals surface area contributed by atoms with Crippen LogP contribution >= 0.6 is 0 Å². The van der Waals surface area contributed by atoms with E-state index in [0.29, 0.717) is 50.4 Å². The fourth-order valence-electron chi connectivity index (χ4n) is 3.93. The molecule has 0 bridgehead atoms. The minimum atomic E-state index is -1.67. The highest BCUT2D eigenvalue weighted by Gasteiger charge is 2.25. The molecule has 1 aromatic heterocycles. The molecule has 0 spiro atoms. The van der Waals surface area contributed by atoms with Crippen LogP contribution in [0.1, 0.15) is 19.3 Å². The van der Waals surface area contributed by atoms with Crippen LogP contribution in [0.3, 0.4) is 0 Å². The van der Waals surface area contributed by atoms with E-state index in [1.54, 1.807) is 56.7 Å². The van der Waals surface area contributed by atoms with Gasteiger partial charge < -0.3 is 20.1 Å². The zero-order chi connectivity index (χ0) is 25.8. The molecule has 4 aromatic rings. The molecule has 1 aliphatic carbocycles. The number of ether oxygens (including phenoxy) is 2. The van der Waals surface area contributed by atoms with Crippen molar-refractivity contribution in [2.75, 3.05) is 29.6 Å². The third-order valence-electron chi connectivity index (χ3n) is 6.17. The summed E-state index contributed by atoms with van der Waals surface area (Å²) < 4.78 is 27.1. The molecule has 1 atom stereocenters. The third kappa shape index (κ3) is 5.64. The minimum Gasteiger partial charge on any atom is -0.497 e. The summed E-state index contributed by atoms with van der Waals surface area (Å²) in [6, 6.07) is 19.8. The zero-order valence-corrected chi connectivity index (χ0v) is 21.3. The van der Waals surface area contributed by atoms with E-state index in [1.165, 1.54) is 0 Å². The summed E-state index contributed by atoms with van der Waals surface area (Å²) in [4.78, 5) is 22.2. The lowest BCUT2D eigenvalue weighted by atomic mass is 9.85. The highest BCUT2D eigenvalue weighted by atomic mass is 32.2. The number of nitrogens with one attached hydrogen (secondary N) is 3. The Hall–Kier alpha value is -4.18. The molecule has 190 valence electrons. The van der Waals surface area contributed by atoms with Crippen LogP contribution in [-0.2, 0) is 15.8 Å². The maximum absolute atomic E-state index is 13.3. The average molecular weight is 518 g/mol. The van der Waals surface area contributed by atoms with E-state index in [2.05, 4.69) is 20.3 Å². The van der Waals surface area contributed by atoms with Gasteiger partial charge in [-0.25, -0.2) is 14.2 Å². The summed E-state index contributed by atoms with van der Waals surface area (Å²) in [5.74, 6) is 1.97. The molecule has 1 amide bonds. The lowest BCUT2D eigenvalue weighted by Gasteiger charge is -2.24. The standard InChI is InChI=1S/C27H27N5O4S/c1-35-20-13-19(14-21(16-20)36-2)28-25-26(31-24-12-4-3-11-23(24)30-25)32-37(34)22-10-6-9-18(15-22)29-27(33)17-7-5-8-17/h3-4,6,9-17H,5,7-8H2,1-2H3,(H,28,30)(H,29,33)(H,31,32). The first-order valence-electron chi connectivity index (χ1n) is 11.9. The number of methoxy groups -OCH3 is 2. The van der Waals surface area contributed by atoms with E-state index >= 15 is 0 Å². The summed E-state index contributed by atoms with van der Waals surface area (Å²) >= 11 is 0. The zero-order valence-electron chi connectivity index (χ0n) is 20.5. The molecular formula is C27H27N5O4S. The van der Waals surface area contributed by atoms with Gasteiger partial charge in [-0.05, 0) is 43.2 Å². The molecular weight excluding hydrogens is 490 g/mol. The van der Waals surface area contributed by atoms with E-state index in [-0.39, 0.29) is 11.8 Å². The van der Waals surface area contributed by atoms with Crippen molar-refractivity contribution in [1.29, 1.82) is 0 Å². The van der Waals surface area contributed by atoms with Gasteiger partial charge in [-0.15, -0.1) is 0 Å². The first kappa shape index (κ1) is 24.5. The molecule has 0 aliphatic heterocycles. The number of rotatable bonds is 9. The summed E-state index contributed by atoms with van der Waals surface area (Å²) in [6.45, 7) is 0. The van der Waals surface area contributed by atoms with Crippen LogP contribution in [0.2, 0.25) is 0 Å². The number of carbonyl (C=O) groups excluding carboxylic acids is 1. The monoisotopic (exact) mass is 517 g/mol. The van der Waals surface area contributed by atoms with Gasteiger partial charge in [0.1, 0.15) is 11.5 Å². The van der Waals surface area contributed by atoms with Gasteiger partial charge in [-0.3, -0.25) is 9.52 Å². The predicted molar refractivity (Wildman–Crippen MR) is 145 cm³/mol. The van der Waals surface area contributed by atoms with Crippen molar-refractivity contribution in [3.8, 4) is 11.5 Å². The number of para-hydroxylation sites is 2. The van der Waals surface area contributed by atoms with Crippen LogP contribution in [0.4, 0.5) is 23.0 Å². The van der Waals surface area contributed by atoms with E-state index in [0.717, 1.165) is 19.3 Å². The van der Waals surface area contributed by atoms with Crippen molar-refractivity contribution in [1.82, 2.24) is 9.97 Å². The molecule has 9 nitrogen and oxygen atoms in total. The van der Waals surface area contributed by atoms with Gasteiger partial charge in [0.2, 0.25) is 5.91 Å². The molecule has 1 saturated carbocycles. The van der Waals surface area contributed by atoms with E-state index in [1.807, 2.05) is 24.3 Å². The molecule has 0 saturated heterocycles. The molecule has 3 aromatic carbocycles. The Morgan fingerprint density at radius 3 is 2.16 bits per heavy atom. The van der Waals surface area contributed by atoms with Gasteiger partial charge in [-0.1, -0.05) is 24.6 Å². The number of amides is 1. The average Bonchev–Trinajstić information content (AvgIpc) is 2.87. The second-order valence-corrected chi connectivity index (χ2v) is 9.86. The summed E-state index contributed by atoms with van der Waals surface area (Å²) in [5.41, 5.74) is 2.60. The number of carbonyl (C=O) groups is 1. The first-order valence-corrected chi connectivity index (χ1v) is 13.0. The molecule has 10 heteroatoms. The number of anilines is 4. The van der Waals surface area contributed by atoms with E-state index in [4.69, 9.17) is 14.5 Å². The SMILES string of the molecule is COc1cc(Nc2nc3ccccc3nc2NS(=O)c2cccc(NC(=O)C3CCC3)c2)cc(OC)c1. The van der Waals surface area contributed by atoms with Crippen molar-refractivity contribution >= 4 is 50.9 Å². The topological polar surface area (TPSA) is 114 Å². The predicted octanol–water partition coefficient (Wildman–Crippen LogP) is 5.26. The number of nitrogens with zero attached hydrogens (tertiary/aromatic N) is 2. The van der Waals surface area contributed by atoms with Gasteiger partial charge in [-0.2, -0.15) is 0 Å². The molecule has 1 unspecified atom stereocenters. The lowest BCUT2D eigenvalue weighted by molar-refractivity contribution is -0.122. The molecule has 1 fully saturated rings. The van der Waals surface area contributed by atoms with Crippen molar-refractivity contribution < 1.29 is 18.5 Å². The minimum absolute atomic E-state index is 0.00254. The maximum atomic E-state index is 13.3. The summed E-state index contributed by atoms with van der Waals surface area (Å²) in [5, 5.41) is 6.17. The van der Waals surface area contributed by atoms with Gasteiger partial charge in [0.05, 0.1) is 30.1 Å². The van der Waals surface area contributed by atoms with Crippen molar-refractivity contribution in [3.05, 3.63) is 66.7 Å². The van der Waals surface area contributed by atoms with Crippen LogP contribution in [0.25, 0.3) is 11.0 Å². The quantitative estimate of drug-likeness (QED) is 0.277. The van der Waals surface area contributed by atoms with Crippen LogP contribution in [0, 0.1) is 5.92 Å². The lowest BCUT2D eigenvalue weighted by Crippen LogP contribution is -2.28. The first-order chi connectivity index (χ1) is 18.0. The van der Waals surface area contributed by atoms with Crippen LogP contribution in [0.15, 0.2) is 71.6 Å². The van der Waals surface area contributed by atoms with E-state index < -0.39 is 11.0 Å². The Kier molecular flexibility index (Phi) is 7.18. The Morgan fingerprint density at radius 1 is 0.865 bits per heavy atom. The van der Waals surface area contributed by atoms with Crippen LogP contribution < -0.4 is 24.8 Å². The van der Waals surface area contributed by atoms with Gasteiger partial charge in [0.15, 0.2) is 22.6 Å². The molecule has 37 heavy (non-hydrogen) atoms. The maximum Gasteiger partial charge on any atom is 0.227 e. The number of hydrogen-bond donors (Lipinski definition) is 3. The van der Waals surface area contributed by atoms with Gasteiger partial charge in [0.25, 0.3) is 0 Å². The van der Waals surface area contributed by atoms with Crippen molar-refractivity contribution in [3.63, 3.8) is 0 Å². The fourth-order valence-corrected chi connectivity index (χ4v) is 4.80. The fraction of sp³-hybridized carbons (Fsp3) is 0.222. The van der Waals surface area contributed by atoms with Crippen molar-refractivity contribution in [2.45, 2.75) is 24.2 Å². The van der Waals surface area contributed by atoms with Crippen LogP contribution in [0.5, 0.6) is 11.5 Å². The molecule has 5 rings (SSSR count). The summed E-state index contributed by atoms with van der Waals surface area (Å²) in [6.07, 6.45) is 2.90. The highest BCUT2D eigenvalue weighted by Crippen LogP contribution is 2.31. The third-order valence-corrected chi connectivity index (χ3v) is 7.23. The second-order valence-electron chi connectivity index (χ2n) is 8.65. The normalized spacial score (nSPS) is 13.9. The molecule has 1 aliphatic rings. The van der Waals surface area contributed by atoms with Gasteiger partial charge in [0, 0.05) is 35.5 Å². The highest BCUT2D eigenvalue weighted by molar-refractivity contribution is 7.86. The van der Waals surface area contributed by atoms with Crippen molar-refractivity contribution in [2.24, 2.45) is 5.92 Å². The Labute approximate surface area is 217 Å². The molecule has 3 N–H and O–H groups in total. The van der Waals surface area contributed by atoms with Gasteiger partial charge >= 0.3 is 0 Å². The largest absolute Gasteiger partial charge is 0.497 e. The summed E-state index contributed by atoms with van der Waals surface area (Å²) in [7, 11) is 1.48. The Bertz CT molecular complexity index is 1450. The van der Waals surface area contributed by atoms with E-state index in [9.17, 15) is 9.00 Å². The smallest absolute Gasteiger partial charge is 0.227 e. The Morgan fingerprint density at radius 2 is 1.54 bits per heavy atom. The number of benzene rings is 3. The molecule has 0 radical (unpaired) electrons. The second kappa shape index (κ2) is 10.8. The Balaban J connectivity index is 1.43. The number of fused-ring (bicyclic) bond motifs is 1. The number of aromatic nitrogens is 2.